The van der Waals surface area contributed by atoms with Crippen molar-refractivity contribution in [1.82, 2.24) is 0 Å². The Morgan fingerprint density at radius 3 is 2.20 bits per heavy atom. The third kappa shape index (κ3) is 9.30. The van der Waals surface area contributed by atoms with Gasteiger partial charge in [-0.05, 0) is 72.2 Å². The van der Waals surface area contributed by atoms with Crippen LogP contribution in [-0.4, -0.2) is 18.5 Å². The van der Waals surface area contributed by atoms with E-state index in [4.69, 9.17) is 25.8 Å². The molecule has 3 aromatic rings. The second-order valence-corrected chi connectivity index (χ2v) is 8.40. The lowest BCUT2D eigenvalue weighted by atomic mass is 10.2. The van der Waals surface area contributed by atoms with Crippen LogP contribution in [0.3, 0.4) is 0 Å². The summed E-state index contributed by atoms with van der Waals surface area (Å²) in [5, 5.41) is 0.621. The summed E-state index contributed by atoms with van der Waals surface area (Å²) in [4.78, 5) is 24.4. The fourth-order valence-electron chi connectivity index (χ4n) is 3.18. The van der Waals surface area contributed by atoms with Crippen LogP contribution >= 0.6 is 11.6 Å². The number of halogens is 1. The highest BCUT2D eigenvalue weighted by molar-refractivity contribution is 6.30. The van der Waals surface area contributed by atoms with Crippen molar-refractivity contribution in [3.8, 4) is 11.5 Å². The maximum absolute atomic E-state index is 12.2. The van der Waals surface area contributed by atoms with Gasteiger partial charge in [0.2, 0.25) is 0 Å². The molecule has 3 aromatic carbocycles. The smallest absolute Gasteiger partial charge is 0.338 e. The Bertz CT molecular complexity index is 1100. The zero-order chi connectivity index (χ0) is 24.9. The minimum absolute atomic E-state index is 0.142. The van der Waals surface area contributed by atoms with Gasteiger partial charge in [-0.15, -0.1) is 0 Å². The predicted octanol–water partition coefficient (Wildman–Crippen LogP) is 7.27. The number of hydrogen-bond donors (Lipinski definition) is 0. The molecular weight excluding hydrogens is 464 g/mol. The van der Waals surface area contributed by atoms with Crippen LogP contribution in [0.1, 0.15) is 54.1 Å². The molecule has 6 heteroatoms. The Hall–Kier alpha value is -3.57. The third-order valence-electron chi connectivity index (χ3n) is 5.15. The fraction of sp³-hybridized carbons (Fsp3) is 0.241. The number of carbonyl (C=O) groups excluding carboxylic acids is 2. The highest BCUT2D eigenvalue weighted by Gasteiger charge is 2.09. The van der Waals surface area contributed by atoms with Crippen molar-refractivity contribution in [3.63, 3.8) is 0 Å². The molecular formula is C29H29ClO5. The van der Waals surface area contributed by atoms with Gasteiger partial charge in [0.15, 0.2) is 0 Å². The first-order chi connectivity index (χ1) is 17.0. The van der Waals surface area contributed by atoms with Gasteiger partial charge < -0.3 is 14.2 Å². The summed E-state index contributed by atoms with van der Waals surface area (Å²) >= 11 is 5.85. The van der Waals surface area contributed by atoms with E-state index in [9.17, 15) is 9.59 Å². The Balaban J connectivity index is 1.43. The molecule has 0 spiro atoms. The number of carbonyl (C=O) groups is 2. The van der Waals surface area contributed by atoms with Gasteiger partial charge >= 0.3 is 11.9 Å². The lowest BCUT2D eigenvalue weighted by Gasteiger charge is -2.06. The van der Waals surface area contributed by atoms with Crippen molar-refractivity contribution < 1.29 is 23.8 Å². The van der Waals surface area contributed by atoms with Crippen LogP contribution < -0.4 is 9.47 Å². The monoisotopic (exact) mass is 492 g/mol. The topological polar surface area (TPSA) is 61.8 Å². The summed E-state index contributed by atoms with van der Waals surface area (Å²) in [7, 11) is 0. The molecule has 0 amide bonds. The van der Waals surface area contributed by atoms with Crippen LogP contribution in [-0.2, 0) is 16.1 Å². The van der Waals surface area contributed by atoms with Crippen molar-refractivity contribution in [2.75, 3.05) is 6.61 Å². The summed E-state index contributed by atoms with van der Waals surface area (Å²) in [5.74, 6) is 0.166. The van der Waals surface area contributed by atoms with Gasteiger partial charge in [0.1, 0.15) is 18.1 Å². The Morgan fingerprint density at radius 1 is 0.829 bits per heavy atom. The molecule has 0 bridgehead atoms. The Morgan fingerprint density at radius 2 is 1.51 bits per heavy atom. The maximum atomic E-state index is 12.2. The first-order valence-electron chi connectivity index (χ1n) is 11.7. The number of ether oxygens (including phenoxy) is 3. The molecule has 35 heavy (non-hydrogen) atoms. The lowest BCUT2D eigenvalue weighted by Crippen LogP contribution is -2.06. The van der Waals surface area contributed by atoms with Gasteiger partial charge in [-0.2, -0.15) is 0 Å². The van der Waals surface area contributed by atoms with Crippen LogP contribution in [0.25, 0.3) is 6.08 Å². The number of benzene rings is 3. The van der Waals surface area contributed by atoms with Crippen LogP contribution in [0, 0.1) is 0 Å². The van der Waals surface area contributed by atoms with Crippen molar-refractivity contribution in [1.29, 1.82) is 0 Å². The van der Waals surface area contributed by atoms with E-state index in [-0.39, 0.29) is 6.61 Å². The van der Waals surface area contributed by atoms with Gasteiger partial charge in [-0.25, -0.2) is 9.59 Å². The predicted molar refractivity (Wildman–Crippen MR) is 138 cm³/mol. The average molecular weight is 493 g/mol. The molecule has 0 aliphatic carbocycles. The Labute approximate surface area is 211 Å². The Kier molecular flexibility index (Phi) is 10.4. The van der Waals surface area contributed by atoms with Gasteiger partial charge in [0, 0.05) is 11.1 Å². The molecule has 0 fully saturated rings. The second-order valence-electron chi connectivity index (χ2n) is 7.96. The molecule has 0 saturated carbocycles. The first-order valence-corrected chi connectivity index (χ1v) is 12.1. The minimum Gasteiger partial charge on any atom is -0.494 e. The normalized spacial score (nSPS) is 10.8. The number of hydrogen-bond acceptors (Lipinski definition) is 5. The van der Waals surface area contributed by atoms with E-state index in [1.54, 1.807) is 54.6 Å². The maximum Gasteiger partial charge on any atom is 0.338 e. The van der Waals surface area contributed by atoms with E-state index in [2.05, 4.69) is 6.92 Å². The van der Waals surface area contributed by atoms with Gasteiger partial charge in [0.25, 0.3) is 0 Å². The summed E-state index contributed by atoms with van der Waals surface area (Å²) in [6.07, 6.45) is 7.69. The van der Waals surface area contributed by atoms with Crippen LogP contribution in [0.5, 0.6) is 11.5 Å². The molecule has 0 saturated heterocycles. The van der Waals surface area contributed by atoms with E-state index in [0.717, 1.165) is 23.3 Å². The summed E-state index contributed by atoms with van der Waals surface area (Å²) in [5.41, 5.74) is 2.06. The lowest BCUT2D eigenvalue weighted by molar-refractivity contribution is -0.128. The number of esters is 2. The van der Waals surface area contributed by atoms with E-state index in [1.165, 1.54) is 25.3 Å². The minimum atomic E-state index is -0.515. The first kappa shape index (κ1) is 26.0. The zero-order valence-electron chi connectivity index (χ0n) is 19.7. The summed E-state index contributed by atoms with van der Waals surface area (Å²) in [6, 6.07) is 20.8. The largest absolute Gasteiger partial charge is 0.494 e. The summed E-state index contributed by atoms with van der Waals surface area (Å²) < 4.78 is 16.3. The second kappa shape index (κ2) is 14.0. The van der Waals surface area contributed by atoms with E-state index in [0.29, 0.717) is 22.9 Å². The molecule has 0 atom stereocenters. The third-order valence-corrected chi connectivity index (χ3v) is 5.40. The summed E-state index contributed by atoms with van der Waals surface area (Å²) in [6.45, 7) is 3.03. The molecule has 0 radical (unpaired) electrons. The number of unbranched alkanes of at least 4 members (excludes halogenated alkanes) is 3. The van der Waals surface area contributed by atoms with Crippen LogP contribution in [0.4, 0.5) is 0 Å². The van der Waals surface area contributed by atoms with Gasteiger partial charge in [-0.1, -0.05) is 62.1 Å². The highest BCUT2D eigenvalue weighted by atomic mass is 35.5. The zero-order valence-corrected chi connectivity index (χ0v) is 20.5. The SMILES string of the molecule is CCCCCCOc1ccc(/C=C/C(=O)Oc2ccc(C(=O)OCc3ccc(Cl)cc3)cc2)cc1. The fourth-order valence-corrected chi connectivity index (χ4v) is 3.31. The average Bonchev–Trinajstić information content (AvgIpc) is 2.88. The van der Waals surface area contributed by atoms with E-state index >= 15 is 0 Å². The molecule has 5 nitrogen and oxygen atoms in total. The van der Waals surface area contributed by atoms with Gasteiger partial charge in [-0.3, -0.25) is 0 Å². The molecule has 3 rings (SSSR count). The quantitative estimate of drug-likeness (QED) is 0.115. The molecule has 0 N–H and O–H groups in total. The van der Waals surface area contributed by atoms with Crippen molar-refractivity contribution in [2.45, 2.75) is 39.2 Å². The number of rotatable bonds is 12. The van der Waals surface area contributed by atoms with Crippen LogP contribution in [0.15, 0.2) is 78.9 Å². The van der Waals surface area contributed by atoms with Crippen molar-refractivity contribution >= 4 is 29.6 Å². The molecule has 0 heterocycles. The molecule has 0 aliphatic heterocycles. The van der Waals surface area contributed by atoms with Crippen molar-refractivity contribution in [3.05, 3.63) is 101 Å². The standard InChI is InChI=1S/C29H29ClO5/c1-2-3-4-5-20-33-26-15-8-22(9-16-26)10-19-28(31)35-27-17-11-24(12-18-27)29(32)34-21-23-6-13-25(30)14-7-23/h6-19H,2-5,20-21H2,1H3/b19-10+. The van der Waals surface area contributed by atoms with Gasteiger partial charge in [0.05, 0.1) is 12.2 Å². The molecule has 0 aromatic heterocycles. The van der Waals surface area contributed by atoms with E-state index in [1.807, 2.05) is 24.3 Å². The molecule has 0 aliphatic rings. The van der Waals surface area contributed by atoms with E-state index < -0.39 is 11.9 Å². The molecule has 182 valence electrons. The highest BCUT2D eigenvalue weighted by Crippen LogP contribution is 2.17. The van der Waals surface area contributed by atoms with Crippen LogP contribution in [0.2, 0.25) is 5.02 Å². The van der Waals surface area contributed by atoms with Crippen molar-refractivity contribution in [2.24, 2.45) is 0 Å². The molecule has 0 unspecified atom stereocenters.